The molecular weight excluding hydrogens is 504 g/mol. The van der Waals surface area contributed by atoms with Gasteiger partial charge in [-0.1, -0.05) is 81.4 Å². The number of amides is 2. The van der Waals surface area contributed by atoms with E-state index in [1.54, 1.807) is 12.1 Å². The van der Waals surface area contributed by atoms with Crippen molar-refractivity contribution in [2.45, 2.75) is 76.6 Å². The molecule has 38 heavy (non-hydrogen) atoms. The zero-order valence-corrected chi connectivity index (χ0v) is 23.7. The van der Waals surface area contributed by atoms with Gasteiger partial charge in [0.05, 0.1) is 6.54 Å². The zero-order chi connectivity index (χ0) is 28.0. The molecule has 206 valence electrons. The fraction of sp³-hybridized carbons (Fsp3) is 0.464. The average Bonchev–Trinajstić information content (AvgIpc) is 2.87. The highest BCUT2D eigenvalue weighted by atomic mass is 28.4. The first kappa shape index (κ1) is 29.3. The molecular formula is C28H38N2O7Si. The SMILES string of the molecule is CC(C)(C)[Si](C)(C)O[C@@]1(CC[C@H](NC(=O)OCc2ccccc2)C(=O)O)CN(OCc2ccccc2)C1=O. The van der Waals surface area contributed by atoms with Crippen molar-refractivity contribution in [2.24, 2.45) is 0 Å². The summed E-state index contributed by atoms with van der Waals surface area (Å²) < 4.78 is 11.8. The molecule has 0 aromatic heterocycles. The minimum atomic E-state index is -2.41. The summed E-state index contributed by atoms with van der Waals surface area (Å²) in [6.45, 7) is 10.7. The van der Waals surface area contributed by atoms with E-state index < -0.39 is 32.0 Å². The van der Waals surface area contributed by atoms with E-state index in [2.05, 4.69) is 26.1 Å². The van der Waals surface area contributed by atoms with Crippen molar-refractivity contribution >= 4 is 26.3 Å². The molecule has 1 aliphatic rings. The summed E-state index contributed by atoms with van der Waals surface area (Å²) in [5, 5.41) is 13.3. The number of rotatable bonds is 12. The Hall–Kier alpha value is -3.21. The van der Waals surface area contributed by atoms with Crippen molar-refractivity contribution in [1.29, 1.82) is 0 Å². The lowest BCUT2D eigenvalue weighted by Crippen LogP contribution is -2.71. The number of ether oxygens (including phenoxy) is 1. The maximum absolute atomic E-state index is 13.4. The number of benzene rings is 2. The molecule has 2 N–H and O–H groups in total. The third kappa shape index (κ3) is 7.43. The van der Waals surface area contributed by atoms with Crippen LogP contribution < -0.4 is 5.32 Å². The van der Waals surface area contributed by atoms with Gasteiger partial charge in [0.2, 0.25) is 0 Å². The Morgan fingerprint density at radius 1 is 1.03 bits per heavy atom. The molecule has 1 saturated heterocycles. The van der Waals surface area contributed by atoms with Crippen LogP contribution in [-0.4, -0.2) is 54.6 Å². The molecule has 0 aliphatic carbocycles. The minimum Gasteiger partial charge on any atom is -0.480 e. The van der Waals surface area contributed by atoms with Gasteiger partial charge < -0.3 is 19.6 Å². The predicted octanol–water partition coefficient (Wildman–Crippen LogP) is 4.88. The third-order valence-electron chi connectivity index (χ3n) is 7.14. The number of nitrogens with zero attached hydrogens (tertiary/aromatic N) is 1. The molecule has 2 aromatic rings. The number of hydrogen-bond acceptors (Lipinski definition) is 6. The second-order valence-corrected chi connectivity index (χ2v) is 15.8. The van der Waals surface area contributed by atoms with E-state index in [0.717, 1.165) is 11.1 Å². The first-order valence-electron chi connectivity index (χ1n) is 12.7. The first-order valence-corrected chi connectivity index (χ1v) is 15.6. The molecule has 1 aliphatic heterocycles. The Morgan fingerprint density at radius 3 is 2.08 bits per heavy atom. The van der Waals surface area contributed by atoms with Crippen LogP contribution >= 0.6 is 0 Å². The Kier molecular flexibility index (Phi) is 9.34. The summed E-state index contributed by atoms with van der Waals surface area (Å²) >= 11 is 0. The maximum atomic E-state index is 13.4. The molecule has 0 bridgehead atoms. The lowest BCUT2D eigenvalue weighted by molar-refractivity contribution is -0.255. The third-order valence-corrected chi connectivity index (χ3v) is 11.7. The van der Waals surface area contributed by atoms with Gasteiger partial charge in [-0.15, -0.1) is 0 Å². The molecule has 2 atom stereocenters. The van der Waals surface area contributed by atoms with Crippen LogP contribution in [0.2, 0.25) is 18.1 Å². The summed E-state index contributed by atoms with van der Waals surface area (Å²) in [7, 11) is -2.41. The molecule has 3 rings (SSSR count). The smallest absolute Gasteiger partial charge is 0.408 e. The predicted molar refractivity (Wildman–Crippen MR) is 144 cm³/mol. The molecule has 2 aromatic carbocycles. The molecule has 2 amide bonds. The van der Waals surface area contributed by atoms with Crippen molar-refractivity contribution in [2.75, 3.05) is 6.54 Å². The van der Waals surface area contributed by atoms with E-state index in [1.165, 1.54) is 5.06 Å². The van der Waals surface area contributed by atoms with Crippen LogP contribution in [0.4, 0.5) is 4.79 Å². The van der Waals surface area contributed by atoms with Crippen molar-refractivity contribution < 1.29 is 33.5 Å². The molecule has 10 heteroatoms. The Labute approximate surface area is 225 Å². The van der Waals surface area contributed by atoms with Crippen LogP contribution in [0.3, 0.4) is 0 Å². The van der Waals surface area contributed by atoms with Crippen molar-refractivity contribution in [1.82, 2.24) is 10.4 Å². The van der Waals surface area contributed by atoms with Gasteiger partial charge in [-0.2, -0.15) is 0 Å². The Morgan fingerprint density at radius 2 is 1.58 bits per heavy atom. The van der Waals surface area contributed by atoms with Crippen molar-refractivity contribution in [3.63, 3.8) is 0 Å². The fourth-order valence-corrected chi connectivity index (χ4v) is 5.37. The second kappa shape index (κ2) is 12.1. The highest BCUT2D eigenvalue weighted by Crippen LogP contribution is 2.43. The number of hydrogen-bond donors (Lipinski definition) is 2. The number of alkyl carbamates (subject to hydrolysis) is 1. The van der Waals surface area contributed by atoms with Gasteiger partial charge in [-0.05, 0) is 42.1 Å². The second-order valence-electron chi connectivity index (χ2n) is 11.1. The Balaban J connectivity index is 1.66. The van der Waals surface area contributed by atoms with Crippen LogP contribution in [0.1, 0.15) is 44.7 Å². The Bertz CT molecular complexity index is 1110. The van der Waals surface area contributed by atoms with Gasteiger partial charge in [0.1, 0.15) is 19.3 Å². The van der Waals surface area contributed by atoms with E-state index in [0.29, 0.717) is 0 Å². The number of aliphatic carboxylic acids is 1. The first-order chi connectivity index (χ1) is 17.8. The summed E-state index contributed by atoms with van der Waals surface area (Å²) in [6, 6.07) is 17.4. The van der Waals surface area contributed by atoms with Gasteiger partial charge in [0.15, 0.2) is 13.9 Å². The van der Waals surface area contributed by atoms with E-state index in [4.69, 9.17) is 14.0 Å². The fourth-order valence-electron chi connectivity index (χ4n) is 3.83. The largest absolute Gasteiger partial charge is 0.480 e. The number of carbonyl (C=O) groups excluding carboxylic acids is 2. The number of carboxylic acid groups (broad SMARTS) is 1. The normalized spacial score (nSPS) is 18.4. The summed E-state index contributed by atoms with van der Waals surface area (Å²) in [5.74, 6) is -1.55. The molecule has 0 radical (unpaired) electrons. The van der Waals surface area contributed by atoms with E-state index in [-0.39, 0.29) is 43.5 Å². The highest BCUT2D eigenvalue weighted by Gasteiger charge is 2.58. The molecule has 9 nitrogen and oxygen atoms in total. The number of carboxylic acids is 1. The van der Waals surface area contributed by atoms with Gasteiger partial charge >= 0.3 is 12.1 Å². The van der Waals surface area contributed by atoms with Gasteiger partial charge in [0, 0.05) is 0 Å². The van der Waals surface area contributed by atoms with Crippen LogP contribution in [-0.2, 0) is 36.8 Å². The lowest BCUT2D eigenvalue weighted by atomic mass is 9.88. The van der Waals surface area contributed by atoms with Gasteiger partial charge in [-0.25, -0.2) is 14.7 Å². The molecule has 0 spiro atoms. The minimum absolute atomic E-state index is 0.0113. The molecule has 0 saturated carbocycles. The lowest BCUT2D eigenvalue weighted by Gasteiger charge is -2.52. The van der Waals surface area contributed by atoms with Crippen molar-refractivity contribution in [3.8, 4) is 0 Å². The maximum Gasteiger partial charge on any atom is 0.408 e. The molecule has 0 unspecified atom stereocenters. The van der Waals surface area contributed by atoms with Gasteiger partial charge in [-0.3, -0.25) is 9.63 Å². The number of carbonyl (C=O) groups is 3. The van der Waals surface area contributed by atoms with E-state index in [9.17, 15) is 19.5 Å². The highest BCUT2D eigenvalue weighted by molar-refractivity contribution is 6.74. The zero-order valence-electron chi connectivity index (χ0n) is 22.7. The summed E-state index contributed by atoms with van der Waals surface area (Å²) in [4.78, 5) is 43.4. The topological polar surface area (TPSA) is 114 Å². The van der Waals surface area contributed by atoms with E-state index in [1.807, 2.05) is 61.6 Å². The quantitative estimate of drug-likeness (QED) is 0.290. The summed E-state index contributed by atoms with van der Waals surface area (Å²) in [6.07, 6.45) is -0.740. The standard InChI is InChI=1S/C28H38N2O7Si/c1-27(2,3)38(4,5)37-28(20-30(25(28)33)36-19-22-14-10-7-11-15-22)17-16-23(24(31)32)29-26(34)35-18-21-12-8-6-9-13-21/h6-15,23H,16-20H2,1-5H3,(H,29,34)(H,31,32)/t23-,28-/m0/s1. The number of hydroxylamine groups is 2. The van der Waals surface area contributed by atoms with E-state index >= 15 is 0 Å². The molecule has 1 fully saturated rings. The number of β-lactam (4-membered cyclic amide) rings is 1. The van der Waals surface area contributed by atoms with Gasteiger partial charge in [0.25, 0.3) is 5.91 Å². The summed E-state index contributed by atoms with van der Waals surface area (Å²) in [5.41, 5.74) is 0.488. The van der Waals surface area contributed by atoms with Crippen LogP contribution in [0.15, 0.2) is 60.7 Å². The van der Waals surface area contributed by atoms with Crippen LogP contribution in [0.25, 0.3) is 0 Å². The monoisotopic (exact) mass is 542 g/mol. The number of nitrogens with one attached hydrogen (secondary N) is 1. The van der Waals surface area contributed by atoms with Crippen molar-refractivity contribution in [3.05, 3.63) is 71.8 Å². The van der Waals surface area contributed by atoms with Crippen LogP contribution in [0.5, 0.6) is 0 Å². The molecule has 1 heterocycles. The van der Waals surface area contributed by atoms with Crippen LogP contribution in [0, 0.1) is 0 Å². The average molecular weight is 543 g/mol.